The molecule has 3 aromatic rings. The lowest BCUT2D eigenvalue weighted by molar-refractivity contribution is 0.323. The largest absolute Gasteiger partial charge is 0.428 e. The molecule has 128 valence electrons. The van der Waals surface area contributed by atoms with Gasteiger partial charge >= 0.3 is 5.95 Å². The van der Waals surface area contributed by atoms with Gasteiger partial charge in [0.2, 0.25) is 0 Å². The molecule has 1 aromatic heterocycles. The van der Waals surface area contributed by atoms with E-state index >= 15 is 0 Å². The van der Waals surface area contributed by atoms with Crippen LogP contribution in [0.1, 0.15) is 39.4 Å². The molecule has 0 bridgehead atoms. The number of hydrogen-bond acceptors (Lipinski definition) is 3. The van der Waals surface area contributed by atoms with E-state index in [-0.39, 0.29) is 12.0 Å². The van der Waals surface area contributed by atoms with Gasteiger partial charge in [0.25, 0.3) is 0 Å². The second-order valence-electron chi connectivity index (χ2n) is 7.03. The smallest absolute Gasteiger partial charge is 0.315 e. The number of para-hydroxylation sites is 2. The van der Waals surface area contributed by atoms with Crippen LogP contribution in [0.25, 0.3) is 11.1 Å². The summed E-state index contributed by atoms with van der Waals surface area (Å²) in [7, 11) is 0. The highest BCUT2D eigenvalue weighted by atomic mass is 16.6. The first-order valence-corrected chi connectivity index (χ1v) is 8.86. The van der Waals surface area contributed by atoms with Crippen LogP contribution >= 0.6 is 0 Å². The topological polar surface area (TPSA) is 25.6 Å². The molecule has 0 unspecified atom stereocenters. The van der Waals surface area contributed by atoms with Gasteiger partial charge in [0.05, 0.1) is 11.3 Å². The minimum atomic E-state index is 0.265. The van der Waals surface area contributed by atoms with Crippen molar-refractivity contribution in [3.8, 4) is 22.8 Å². The molecule has 1 aliphatic rings. The van der Waals surface area contributed by atoms with Crippen LogP contribution in [0, 0.1) is 0 Å². The summed E-state index contributed by atoms with van der Waals surface area (Å²) in [5.74, 6) is 2.67. The van der Waals surface area contributed by atoms with Crippen molar-refractivity contribution in [1.29, 1.82) is 0 Å². The van der Waals surface area contributed by atoms with Gasteiger partial charge < -0.3 is 14.1 Å². The molecule has 0 N–H and O–H groups in total. The van der Waals surface area contributed by atoms with E-state index in [0.29, 0.717) is 5.95 Å². The van der Waals surface area contributed by atoms with Crippen LogP contribution in [0.15, 0.2) is 59.0 Å². The normalized spacial score (nSPS) is 13.0. The summed E-state index contributed by atoms with van der Waals surface area (Å²) in [6.45, 7) is 8.71. The Labute approximate surface area is 148 Å². The average molecular weight is 333 g/mol. The van der Waals surface area contributed by atoms with E-state index in [1.807, 2.05) is 24.3 Å². The molecule has 0 saturated carbocycles. The van der Waals surface area contributed by atoms with Gasteiger partial charge in [-0.15, -0.1) is 0 Å². The van der Waals surface area contributed by atoms with E-state index in [1.165, 1.54) is 0 Å². The predicted molar refractivity (Wildman–Crippen MR) is 102 cm³/mol. The van der Waals surface area contributed by atoms with Gasteiger partial charge in [0.15, 0.2) is 5.75 Å². The lowest BCUT2D eigenvalue weighted by Crippen LogP contribution is -2.28. The van der Waals surface area contributed by atoms with Crippen molar-refractivity contribution in [2.24, 2.45) is 0 Å². The molecule has 0 amide bonds. The average Bonchev–Trinajstić information content (AvgIpc) is 2.99. The van der Waals surface area contributed by atoms with Crippen LogP contribution in [0.3, 0.4) is 0 Å². The number of benzene rings is 2. The third kappa shape index (κ3) is 2.51. The molecule has 0 fully saturated rings. The molecular formula is C22H23NO2. The highest BCUT2D eigenvalue weighted by Crippen LogP contribution is 2.55. The zero-order valence-corrected chi connectivity index (χ0v) is 15.1. The highest BCUT2D eigenvalue weighted by molar-refractivity contribution is 5.90. The van der Waals surface area contributed by atoms with Crippen molar-refractivity contribution in [3.05, 3.63) is 60.4 Å². The second kappa shape index (κ2) is 5.99. The van der Waals surface area contributed by atoms with Crippen molar-refractivity contribution in [3.63, 3.8) is 0 Å². The maximum absolute atomic E-state index is 6.23. The predicted octanol–water partition coefficient (Wildman–Crippen LogP) is 6.72. The summed E-state index contributed by atoms with van der Waals surface area (Å²) in [4.78, 5) is 2.33. The van der Waals surface area contributed by atoms with Crippen LogP contribution in [0.4, 0.5) is 11.4 Å². The number of fused-ring (bicyclic) bond motifs is 2. The fourth-order valence-corrected chi connectivity index (χ4v) is 3.50. The Morgan fingerprint density at radius 2 is 1.52 bits per heavy atom. The van der Waals surface area contributed by atoms with Crippen molar-refractivity contribution in [2.75, 3.05) is 4.90 Å². The Balaban J connectivity index is 2.01. The monoisotopic (exact) mass is 333 g/mol. The molecule has 3 nitrogen and oxygen atoms in total. The third-order valence-corrected chi connectivity index (χ3v) is 4.55. The van der Waals surface area contributed by atoms with E-state index in [2.05, 4.69) is 62.9 Å². The first kappa shape index (κ1) is 15.8. The first-order valence-electron chi connectivity index (χ1n) is 8.86. The van der Waals surface area contributed by atoms with E-state index in [1.54, 1.807) is 0 Å². The van der Waals surface area contributed by atoms with E-state index in [9.17, 15) is 0 Å². The number of furan rings is 1. The van der Waals surface area contributed by atoms with Crippen molar-refractivity contribution in [2.45, 2.75) is 39.7 Å². The maximum atomic E-state index is 6.23. The Hall–Kier alpha value is -2.68. The number of ether oxygens (including phenoxy) is 1. The van der Waals surface area contributed by atoms with Crippen LogP contribution < -0.4 is 9.64 Å². The zero-order valence-electron chi connectivity index (χ0n) is 15.1. The summed E-state index contributed by atoms with van der Waals surface area (Å²) < 4.78 is 12.4. The Bertz CT molecular complexity index is 894. The molecule has 3 heteroatoms. The molecule has 0 saturated heterocycles. The molecule has 0 spiro atoms. The third-order valence-electron chi connectivity index (χ3n) is 4.55. The van der Waals surface area contributed by atoms with E-state index < -0.39 is 0 Å². The Morgan fingerprint density at radius 1 is 0.840 bits per heavy atom. The van der Waals surface area contributed by atoms with Gasteiger partial charge in [-0.3, -0.25) is 0 Å². The number of rotatable bonds is 3. The molecule has 0 atom stereocenters. The standard InChI is InChI=1S/C22H23NO2/c1-14(2)21-19(16-10-6-5-7-11-16)20-22(25-21)24-18-13-9-8-12-17(18)23(20)15(3)4/h5-15H,1-4H3. The van der Waals surface area contributed by atoms with Gasteiger partial charge in [0, 0.05) is 12.0 Å². The number of nitrogens with zero attached hydrogens (tertiary/aromatic N) is 1. The van der Waals surface area contributed by atoms with E-state index in [4.69, 9.17) is 9.15 Å². The molecule has 0 radical (unpaired) electrons. The minimum absolute atomic E-state index is 0.265. The van der Waals surface area contributed by atoms with Crippen LogP contribution in [0.2, 0.25) is 0 Å². The van der Waals surface area contributed by atoms with Gasteiger partial charge in [-0.05, 0) is 31.5 Å². The quantitative estimate of drug-likeness (QED) is 0.532. The SMILES string of the molecule is CC(C)c1oc2c(c1-c1ccccc1)N(C(C)C)c1ccccc1O2. The summed E-state index contributed by atoms with van der Waals surface area (Å²) in [6.07, 6.45) is 0. The molecule has 2 aromatic carbocycles. The Morgan fingerprint density at radius 3 is 2.20 bits per heavy atom. The van der Waals surface area contributed by atoms with Gasteiger partial charge in [-0.2, -0.15) is 0 Å². The summed E-state index contributed by atoms with van der Waals surface area (Å²) >= 11 is 0. The van der Waals surface area contributed by atoms with Crippen LogP contribution in [-0.2, 0) is 0 Å². The second-order valence-corrected chi connectivity index (χ2v) is 7.03. The fraction of sp³-hybridized carbons (Fsp3) is 0.273. The summed E-state index contributed by atoms with van der Waals surface area (Å²) in [6, 6.07) is 18.9. The molecule has 25 heavy (non-hydrogen) atoms. The lowest BCUT2D eigenvalue weighted by atomic mass is 9.97. The van der Waals surface area contributed by atoms with Gasteiger partial charge in [-0.1, -0.05) is 56.3 Å². The molecule has 2 heterocycles. The Kier molecular flexibility index (Phi) is 3.79. The highest BCUT2D eigenvalue weighted by Gasteiger charge is 2.35. The molecule has 4 rings (SSSR count). The van der Waals surface area contributed by atoms with Crippen molar-refractivity contribution < 1.29 is 9.15 Å². The minimum Gasteiger partial charge on any atom is -0.428 e. The van der Waals surface area contributed by atoms with E-state index in [0.717, 1.165) is 34.0 Å². The summed E-state index contributed by atoms with van der Waals surface area (Å²) in [5.41, 5.74) is 4.40. The molecule has 0 aliphatic carbocycles. The molecule has 1 aliphatic heterocycles. The van der Waals surface area contributed by atoms with Crippen LogP contribution in [0.5, 0.6) is 11.7 Å². The van der Waals surface area contributed by atoms with Crippen LogP contribution in [-0.4, -0.2) is 6.04 Å². The maximum Gasteiger partial charge on any atom is 0.315 e. The van der Waals surface area contributed by atoms with Crippen molar-refractivity contribution >= 4 is 11.4 Å². The lowest BCUT2D eigenvalue weighted by Gasteiger charge is -2.33. The number of hydrogen-bond donors (Lipinski definition) is 0. The molecular weight excluding hydrogens is 310 g/mol. The first-order chi connectivity index (χ1) is 12.1. The fourth-order valence-electron chi connectivity index (χ4n) is 3.50. The zero-order chi connectivity index (χ0) is 17.6. The van der Waals surface area contributed by atoms with Gasteiger partial charge in [0.1, 0.15) is 11.4 Å². The number of anilines is 2. The summed E-state index contributed by atoms with van der Waals surface area (Å²) in [5, 5.41) is 0. The van der Waals surface area contributed by atoms with Crippen molar-refractivity contribution in [1.82, 2.24) is 0 Å². The van der Waals surface area contributed by atoms with Gasteiger partial charge in [-0.25, -0.2) is 0 Å².